The maximum absolute atomic E-state index is 9.75. The van der Waals surface area contributed by atoms with E-state index in [-0.39, 0.29) is 18.0 Å². The molecule has 1 aliphatic rings. The molecule has 0 radical (unpaired) electrons. The molecule has 0 saturated heterocycles. The molecule has 2 atom stereocenters. The fourth-order valence-corrected chi connectivity index (χ4v) is 2.01. The van der Waals surface area contributed by atoms with E-state index in [4.69, 9.17) is 4.74 Å². The number of benzene rings is 2. The SMILES string of the molecule is CC.CC.COC(C)=O.C[C@@H]1COc2ccccc2[C@H]1O.Cc1ccccc1. The maximum Gasteiger partial charge on any atom is 0.302 e. The second kappa shape index (κ2) is 18.1. The van der Waals surface area contributed by atoms with E-state index in [1.807, 2.05) is 77.1 Å². The number of hydrogen-bond donors (Lipinski definition) is 1. The summed E-state index contributed by atoms with van der Waals surface area (Å²) < 4.78 is 9.56. The number of fused-ring (bicyclic) bond motifs is 1. The van der Waals surface area contributed by atoms with Crippen molar-refractivity contribution < 1.29 is 19.4 Å². The van der Waals surface area contributed by atoms with Gasteiger partial charge in [0.25, 0.3) is 0 Å². The molecule has 0 saturated carbocycles. The van der Waals surface area contributed by atoms with Crippen molar-refractivity contribution in [2.24, 2.45) is 5.92 Å². The minimum absolute atomic E-state index is 0.194. The zero-order chi connectivity index (χ0) is 21.9. The van der Waals surface area contributed by atoms with Gasteiger partial charge in [0, 0.05) is 18.4 Å². The van der Waals surface area contributed by atoms with E-state index in [0.717, 1.165) is 11.3 Å². The number of rotatable bonds is 0. The lowest BCUT2D eigenvalue weighted by atomic mass is 9.95. The summed E-state index contributed by atoms with van der Waals surface area (Å²) in [7, 11) is 1.35. The highest BCUT2D eigenvalue weighted by Gasteiger charge is 2.24. The van der Waals surface area contributed by atoms with Gasteiger partial charge >= 0.3 is 5.97 Å². The largest absolute Gasteiger partial charge is 0.493 e. The lowest BCUT2D eigenvalue weighted by Crippen LogP contribution is -2.23. The molecule has 0 spiro atoms. The second-order valence-electron chi connectivity index (χ2n) is 5.62. The Balaban J connectivity index is 0. The van der Waals surface area contributed by atoms with Crippen LogP contribution in [-0.4, -0.2) is 24.8 Å². The Morgan fingerprint density at radius 3 is 1.89 bits per heavy atom. The summed E-state index contributed by atoms with van der Waals surface area (Å²) in [5, 5.41) is 9.75. The van der Waals surface area contributed by atoms with Crippen molar-refractivity contribution in [1.29, 1.82) is 0 Å². The quantitative estimate of drug-likeness (QED) is 0.563. The van der Waals surface area contributed by atoms with E-state index in [2.05, 4.69) is 23.8 Å². The Bertz CT molecular complexity index is 611. The van der Waals surface area contributed by atoms with Crippen LogP contribution in [0.15, 0.2) is 54.6 Å². The van der Waals surface area contributed by atoms with Crippen molar-refractivity contribution in [3.63, 3.8) is 0 Å². The van der Waals surface area contributed by atoms with Crippen LogP contribution in [0.2, 0.25) is 0 Å². The van der Waals surface area contributed by atoms with Crippen molar-refractivity contribution in [2.45, 2.75) is 54.6 Å². The van der Waals surface area contributed by atoms with Gasteiger partial charge in [0.15, 0.2) is 0 Å². The van der Waals surface area contributed by atoms with Crippen molar-refractivity contribution in [3.05, 3.63) is 65.7 Å². The Kier molecular flexibility index (Phi) is 18.0. The third kappa shape index (κ3) is 12.1. The molecule has 4 nitrogen and oxygen atoms in total. The average Bonchev–Trinajstić information content (AvgIpc) is 2.75. The van der Waals surface area contributed by atoms with Gasteiger partial charge in [-0.1, -0.05) is 88.7 Å². The molecule has 0 unspecified atom stereocenters. The highest BCUT2D eigenvalue weighted by molar-refractivity contribution is 5.65. The average molecular weight is 391 g/mol. The van der Waals surface area contributed by atoms with Gasteiger partial charge in [-0.25, -0.2) is 0 Å². The number of aliphatic hydroxyl groups is 1. The molecule has 2 aromatic rings. The zero-order valence-corrected chi connectivity index (χ0v) is 18.7. The van der Waals surface area contributed by atoms with Gasteiger partial charge in [-0.3, -0.25) is 4.79 Å². The maximum atomic E-state index is 9.75. The Morgan fingerprint density at radius 1 is 1.00 bits per heavy atom. The molecule has 0 bridgehead atoms. The fourth-order valence-electron chi connectivity index (χ4n) is 2.01. The van der Waals surface area contributed by atoms with Crippen LogP contribution in [0.3, 0.4) is 0 Å². The van der Waals surface area contributed by atoms with Crippen molar-refractivity contribution in [1.82, 2.24) is 0 Å². The monoisotopic (exact) mass is 390 g/mol. The Labute approximate surface area is 171 Å². The van der Waals surface area contributed by atoms with Crippen LogP contribution in [-0.2, 0) is 9.53 Å². The third-order valence-corrected chi connectivity index (χ3v) is 3.51. The molecule has 1 aliphatic heterocycles. The molecule has 158 valence electrons. The Hall–Kier alpha value is -2.33. The number of ether oxygens (including phenoxy) is 2. The predicted octanol–water partition coefficient (Wildman–Crippen LogP) is 5.98. The van der Waals surface area contributed by atoms with Crippen LogP contribution < -0.4 is 4.74 Å². The molecular formula is C24H38O4. The van der Waals surface area contributed by atoms with Gasteiger partial charge < -0.3 is 14.6 Å². The number of hydrogen-bond acceptors (Lipinski definition) is 4. The van der Waals surface area contributed by atoms with Crippen LogP contribution in [0.5, 0.6) is 5.75 Å². The van der Waals surface area contributed by atoms with Crippen LogP contribution >= 0.6 is 0 Å². The highest BCUT2D eigenvalue weighted by atomic mass is 16.5. The lowest BCUT2D eigenvalue weighted by molar-refractivity contribution is -0.137. The van der Waals surface area contributed by atoms with E-state index in [0.29, 0.717) is 6.61 Å². The molecular weight excluding hydrogens is 352 g/mol. The van der Waals surface area contributed by atoms with Gasteiger partial charge in [0.1, 0.15) is 5.75 Å². The minimum atomic E-state index is -0.366. The van der Waals surface area contributed by atoms with Crippen molar-refractivity contribution in [3.8, 4) is 5.75 Å². The number of carbonyl (C=O) groups excluding carboxylic acids is 1. The number of aliphatic hydroxyl groups excluding tert-OH is 1. The number of esters is 1. The van der Waals surface area contributed by atoms with Gasteiger partial charge in [-0.2, -0.15) is 0 Å². The van der Waals surface area contributed by atoms with E-state index < -0.39 is 0 Å². The molecule has 0 aromatic heterocycles. The van der Waals surface area contributed by atoms with Crippen LogP contribution in [0.4, 0.5) is 0 Å². The molecule has 1 N–H and O–H groups in total. The van der Waals surface area contributed by atoms with Gasteiger partial charge in [0.2, 0.25) is 0 Å². The summed E-state index contributed by atoms with van der Waals surface area (Å²) in [5.74, 6) is 0.771. The summed E-state index contributed by atoms with van der Waals surface area (Å²) >= 11 is 0. The van der Waals surface area contributed by atoms with E-state index in [1.54, 1.807) is 0 Å². The third-order valence-electron chi connectivity index (χ3n) is 3.51. The normalized spacial score (nSPS) is 15.6. The van der Waals surface area contributed by atoms with E-state index >= 15 is 0 Å². The van der Waals surface area contributed by atoms with Crippen LogP contribution in [0.25, 0.3) is 0 Å². The van der Waals surface area contributed by atoms with E-state index in [9.17, 15) is 9.90 Å². The number of methoxy groups -OCH3 is 1. The second-order valence-corrected chi connectivity index (χ2v) is 5.62. The number of aryl methyl sites for hydroxylation is 1. The van der Waals surface area contributed by atoms with Crippen LogP contribution in [0, 0.1) is 12.8 Å². The fraction of sp³-hybridized carbons (Fsp3) is 0.458. The standard InChI is InChI=1S/C10H12O2.C7H8.C3H6O2.2C2H6/c1-7-6-12-9-5-3-2-4-8(9)10(7)11;1-7-5-3-2-4-6-7;1-3(4)5-2;2*1-2/h2-5,7,10-11H,6H2,1H3;2-6H,1H3;1-2H3;2*1-2H3/t7-,10+;;;;/m1..../s1. The topological polar surface area (TPSA) is 55.8 Å². The van der Waals surface area contributed by atoms with E-state index in [1.165, 1.54) is 19.6 Å². The first-order valence-electron chi connectivity index (χ1n) is 9.91. The smallest absolute Gasteiger partial charge is 0.302 e. The molecule has 0 amide bonds. The first-order valence-corrected chi connectivity index (χ1v) is 9.91. The molecule has 2 aromatic carbocycles. The first kappa shape index (κ1) is 27.9. The van der Waals surface area contributed by atoms with Crippen molar-refractivity contribution >= 4 is 5.97 Å². The molecule has 0 fully saturated rings. The predicted molar refractivity (Wildman–Crippen MR) is 118 cm³/mol. The molecule has 28 heavy (non-hydrogen) atoms. The Morgan fingerprint density at radius 2 is 1.46 bits per heavy atom. The number of carbonyl (C=O) groups is 1. The van der Waals surface area contributed by atoms with Crippen molar-refractivity contribution in [2.75, 3.05) is 13.7 Å². The van der Waals surface area contributed by atoms with Crippen LogP contribution in [0.1, 0.15) is 58.8 Å². The first-order chi connectivity index (χ1) is 13.5. The highest BCUT2D eigenvalue weighted by Crippen LogP contribution is 2.34. The molecule has 0 aliphatic carbocycles. The summed E-state index contributed by atoms with van der Waals surface area (Å²) in [6.45, 7) is 14.0. The minimum Gasteiger partial charge on any atom is -0.493 e. The summed E-state index contributed by atoms with van der Waals surface area (Å²) in [6, 6.07) is 17.9. The molecule has 4 heteroatoms. The lowest BCUT2D eigenvalue weighted by Gasteiger charge is -2.27. The van der Waals surface area contributed by atoms with Gasteiger partial charge in [-0.15, -0.1) is 0 Å². The zero-order valence-electron chi connectivity index (χ0n) is 18.7. The van der Waals surface area contributed by atoms with Gasteiger partial charge in [-0.05, 0) is 13.0 Å². The summed E-state index contributed by atoms with van der Waals surface area (Å²) in [4.78, 5) is 9.59. The summed E-state index contributed by atoms with van der Waals surface area (Å²) in [6.07, 6.45) is -0.366. The molecule has 1 heterocycles. The summed E-state index contributed by atoms with van der Waals surface area (Å²) in [5.41, 5.74) is 2.23. The molecule has 3 rings (SSSR count). The number of para-hydroxylation sites is 1. The van der Waals surface area contributed by atoms with Gasteiger partial charge in [0.05, 0.1) is 19.8 Å².